The van der Waals surface area contributed by atoms with Crippen molar-refractivity contribution in [2.24, 2.45) is 0 Å². The Morgan fingerprint density at radius 3 is 2.40 bits per heavy atom. The van der Waals surface area contributed by atoms with Gasteiger partial charge >= 0.3 is 6.18 Å². The number of hydrogen-bond donors (Lipinski definition) is 1. The third-order valence-corrected chi connectivity index (χ3v) is 3.11. The quantitative estimate of drug-likeness (QED) is 0.939. The summed E-state index contributed by atoms with van der Waals surface area (Å²) in [6, 6.07) is 9.11. The molecule has 1 unspecified atom stereocenters. The highest BCUT2D eigenvalue weighted by Crippen LogP contribution is 2.40. The number of alkyl halides is 3. The first-order valence-corrected chi connectivity index (χ1v) is 6.10. The van der Waals surface area contributed by atoms with Crippen LogP contribution in [0, 0.1) is 0 Å². The number of hydrogen-bond acceptors (Lipinski definition) is 3. The Morgan fingerprint density at radius 1 is 1.20 bits per heavy atom. The van der Waals surface area contributed by atoms with E-state index in [1.165, 1.54) is 6.92 Å². The molecule has 2 aromatic rings. The highest BCUT2D eigenvalue weighted by atomic mass is 19.4. The summed E-state index contributed by atoms with van der Waals surface area (Å²) < 4.78 is 38.7. The standard InChI is InChI=1S/C13H14F3N3O/c1-2-12(20,13(14,15)16)11-8-17-19(18-11)9-10-6-4-3-5-7-10/h3-8,20H,2,9H2,1H3. The average Bonchev–Trinajstić information content (AvgIpc) is 2.86. The zero-order valence-corrected chi connectivity index (χ0v) is 10.8. The first-order valence-electron chi connectivity index (χ1n) is 6.10. The molecule has 0 fully saturated rings. The van der Waals surface area contributed by atoms with Gasteiger partial charge in [0.15, 0.2) is 0 Å². The Balaban J connectivity index is 2.25. The second kappa shape index (κ2) is 5.24. The summed E-state index contributed by atoms with van der Waals surface area (Å²) in [5.41, 5.74) is -2.58. The van der Waals surface area contributed by atoms with E-state index in [9.17, 15) is 18.3 Å². The molecule has 20 heavy (non-hydrogen) atoms. The van der Waals surface area contributed by atoms with Crippen molar-refractivity contribution < 1.29 is 18.3 Å². The van der Waals surface area contributed by atoms with Crippen LogP contribution in [-0.2, 0) is 12.1 Å². The van der Waals surface area contributed by atoms with Gasteiger partial charge in [-0.1, -0.05) is 37.3 Å². The van der Waals surface area contributed by atoms with Gasteiger partial charge in [-0.3, -0.25) is 0 Å². The van der Waals surface area contributed by atoms with E-state index in [-0.39, 0.29) is 6.54 Å². The van der Waals surface area contributed by atoms with Crippen LogP contribution in [0.3, 0.4) is 0 Å². The monoisotopic (exact) mass is 285 g/mol. The van der Waals surface area contributed by atoms with E-state index in [1.54, 1.807) is 0 Å². The molecular formula is C13H14F3N3O. The third-order valence-electron chi connectivity index (χ3n) is 3.11. The Morgan fingerprint density at radius 2 is 1.85 bits per heavy atom. The lowest BCUT2D eigenvalue weighted by Crippen LogP contribution is -2.42. The molecule has 0 aliphatic heterocycles. The Bertz CT molecular complexity index is 568. The van der Waals surface area contributed by atoms with Crippen LogP contribution in [0.15, 0.2) is 36.5 Å². The summed E-state index contributed by atoms with van der Waals surface area (Å²) in [6.07, 6.45) is -4.34. The van der Waals surface area contributed by atoms with E-state index in [1.807, 2.05) is 30.3 Å². The van der Waals surface area contributed by atoms with Crippen LogP contribution >= 0.6 is 0 Å². The van der Waals surface area contributed by atoms with Gasteiger partial charge in [-0.15, -0.1) is 0 Å². The topological polar surface area (TPSA) is 50.9 Å². The summed E-state index contributed by atoms with van der Waals surface area (Å²) in [4.78, 5) is 1.14. The second-order valence-electron chi connectivity index (χ2n) is 4.46. The van der Waals surface area contributed by atoms with Crippen molar-refractivity contribution in [2.45, 2.75) is 31.7 Å². The minimum Gasteiger partial charge on any atom is -0.375 e. The van der Waals surface area contributed by atoms with E-state index in [2.05, 4.69) is 10.2 Å². The van der Waals surface area contributed by atoms with Gasteiger partial charge in [0.1, 0.15) is 5.69 Å². The third kappa shape index (κ3) is 2.67. The van der Waals surface area contributed by atoms with Gasteiger partial charge in [0.25, 0.3) is 0 Å². The van der Waals surface area contributed by atoms with Crippen molar-refractivity contribution in [1.82, 2.24) is 15.0 Å². The fourth-order valence-electron chi connectivity index (χ4n) is 1.84. The Hall–Kier alpha value is -1.89. The van der Waals surface area contributed by atoms with E-state index >= 15 is 0 Å². The molecule has 1 atom stereocenters. The lowest BCUT2D eigenvalue weighted by Gasteiger charge is -2.26. The molecule has 1 N–H and O–H groups in total. The van der Waals surface area contributed by atoms with E-state index in [4.69, 9.17) is 0 Å². The highest BCUT2D eigenvalue weighted by molar-refractivity contribution is 5.15. The minimum atomic E-state index is -4.78. The predicted molar refractivity (Wildman–Crippen MR) is 65.8 cm³/mol. The van der Waals surface area contributed by atoms with Crippen LogP contribution in [0.4, 0.5) is 13.2 Å². The van der Waals surface area contributed by atoms with Gasteiger partial charge in [-0.05, 0) is 12.0 Å². The number of halogens is 3. The molecule has 1 heterocycles. The summed E-state index contributed by atoms with van der Waals surface area (Å²) in [5.74, 6) is 0. The molecule has 0 saturated heterocycles. The average molecular weight is 285 g/mol. The molecule has 1 aromatic carbocycles. The van der Waals surface area contributed by atoms with E-state index in [0.29, 0.717) is 0 Å². The van der Waals surface area contributed by atoms with Gasteiger partial charge in [0.05, 0.1) is 12.7 Å². The number of aromatic nitrogens is 3. The molecule has 0 radical (unpaired) electrons. The van der Waals surface area contributed by atoms with Crippen LogP contribution in [0.5, 0.6) is 0 Å². The molecular weight excluding hydrogens is 271 g/mol. The molecule has 0 aliphatic carbocycles. The molecule has 0 bridgehead atoms. The van der Waals surface area contributed by atoms with Crippen molar-refractivity contribution in [1.29, 1.82) is 0 Å². The van der Waals surface area contributed by atoms with Crippen molar-refractivity contribution in [3.8, 4) is 0 Å². The summed E-state index contributed by atoms with van der Waals surface area (Å²) in [7, 11) is 0. The zero-order chi connectivity index (χ0) is 14.8. The van der Waals surface area contributed by atoms with Gasteiger partial charge in [-0.2, -0.15) is 28.2 Å². The molecule has 0 aliphatic rings. The Kier molecular flexibility index (Phi) is 3.80. The Labute approximate surface area is 113 Å². The second-order valence-corrected chi connectivity index (χ2v) is 4.46. The number of nitrogens with zero attached hydrogens (tertiary/aromatic N) is 3. The number of benzene rings is 1. The summed E-state index contributed by atoms with van der Waals surface area (Å²) >= 11 is 0. The van der Waals surface area contributed by atoms with Gasteiger partial charge in [0, 0.05) is 0 Å². The lowest BCUT2D eigenvalue weighted by atomic mass is 9.97. The summed E-state index contributed by atoms with van der Waals surface area (Å²) in [5, 5.41) is 17.3. The maximum absolute atomic E-state index is 12.9. The molecule has 7 heteroatoms. The van der Waals surface area contributed by atoms with Crippen LogP contribution in [0.2, 0.25) is 0 Å². The van der Waals surface area contributed by atoms with Gasteiger partial charge < -0.3 is 5.11 Å². The van der Waals surface area contributed by atoms with Crippen LogP contribution in [0.1, 0.15) is 24.6 Å². The van der Waals surface area contributed by atoms with Gasteiger partial charge in [-0.25, -0.2) is 0 Å². The normalized spacial score (nSPS) is 15.1. The fraction of sp³-hybridized carbons (Fsp3) is 0.385. The van der Waals surface area contributed by atoms with Crippen molar-refractivity contribution in [3.05, 3.63) is 47.8 Å². The fourth-order valence-corrected chi connectivity index (χ4v) is 1.84. The molecule has 0 spiro atoms. The SMILES string of the molecule is CCC(O)(c1cnn(Cc2ccccc2)n1)C(F)(F)F. The van der Waals surface area contributed by atoms with Crippen LogP contribution < -0.4 is 0 Å². The van der Waals surface area contributed by atoms with Crippen LogP contribution in [0.25, 0.3) is 0 Å². The van der Waals surface area contributed by atoms with E-state index < -0.39 is 23.9 Å². The largest absolute Gasteiger partial charge is 0.423 e. The van der Waals surface area contributed by atoms with Crippen LogP contribution in [-0.4, -0.2) is 26.3 Å². The molecule has 108 valence electrons. The molecule has 0 saturated carbocycles. The van der Waals surface area contributed by atoms with Crippen molar-refractivity contribution in [3.63, 3.8) is 0 Å². The zero-order valence-electron chi connectivity index (χ0n) is 10.8. The maximum atomic E-state index is 12.9. The minimum absolute atomic E-state index is 0.249. The van der Waals surface area contributed by atoms with E-state index in [0.717, 1.165) is 16.6 Å². The maximum Gasteiger partial charge on any atom is 0.423 e. The predicted octanol–water partition coefficient (Wildman–Crippen LogP) is 2.49. The molecule has 0 amide bonds. The first kappa shape index (κ1) is 14.5. The molecule has 1 aromatic heterocycles. The lowest BCUT2D eigenvalue weighted by molar-refractivity contribution is -0.269. The summed E-state index contributed by atoms with van der Waals surface area (Å²) in [6.45, 7) is 1.50. The first-order chi connectivity index (χ1) is 9.37. The van der Waals surface area contributed by atoms with Crippen molar-refractivity contribution >= 4 is 0 Å². The molecule has 2 rings (SSSR count). The smallest absolute Gasteiger partial charge is 0.375 e. The van der Waals surface area contributed by atoms with Crippen molar-refractivity contribution in [2.75, 3.05) is 0 Å². The number of aliphatic hydroxyl groups is 1. The molecule has 4 nitrogen and oxygen atoms in total. The highest BCUT2D eigenvalue weighted by Gasteiger charge is 2.55. The number of rotatable bonds is 4. The van der Waals surface area contributed by atoms with Gasteiger partial charge in [0.2, 0.25) is 5.60 Å².